The molecule has 0 saturated carbocycles. The third-order valence-corrected chi connectivity index (χ3v) is 6.46. The molecule has 1 N–H and O–H groups in total. The first kappa shape index (κ1) is 18.3. The first-order valence-corrected chi connectivity index (χ1v) is 9.43. The Labute approximate surface area is 152 Å². The van der Waals surface area contributed by atoms with Gasteiger partial charge in [-0.2, -0.15) is 0 Å². The molecule has 138 valence electrons. The average Bonchev–Trinajstić information content (AvgIpc) is 2.59. The normalized spacial score (nSPS) is 24.7. The van der Waals surface area contributed by atoms with Gasteiger partial charge in [0, 0.05) is 17.4 Å². The number of aliphatic hydroxyl groups is 1. The molecule has 0 aromatic heterocycles. The van der Waals surface area contributed by atoms with Gasteiger partial charge in [0.05, 0.1) is 13.7 Å². The monoisotopic (exact) mass is 344 g/mol. The quantitative estimate of drug-likeness (QED) is 0.784. The Kier molecular flexibility index (Phi) is 4.65. The van der Waals surface area contributed by atoms with Crippen molar-refractivity contribution < 1.29 is 14.6 Å². The largest absolute Gasteiger partial charge is 0.496 e. The number of methoxy groups -OCH3 is 1. The van der Waals surface area contributed by atoms with Crippen LogP contribution in [0.25, 0.3) is 0 Å². The molecule has 25 heavy (non-hydrogen) atoms. The van der Waals surface area contributed by atoms with E-state index in [2.05, 4.69) is 52.8 Å². The Hall–Kier alpha value is -1.48. The van der Waals surface area contributed by atoms with Gasteiger partial charge < -0.3 is 14.6 Å². The van der Waals surface area contributed by atoms with Crippen LogP contribution in [0.2, 0.25) is 0 Å². The van der Waals surface area contributed by atoms with E-state index in [1.165, 1.54) is 11.1 Å². The molecule has 3 nitrogen and oxygen atoms in total. The van der Waals surface area contributed by atoms with Crippen molar-refractivity contribution in [3.05, 3.63) is 34.9 Å². The van der Waals surface area contributed by atoms with Crippen LogP contribution < -0.4 is 9.47 Å². The summed E-state index contributed by atoms with van der Waals surface area (Å²) in [6, 6.07) is 4.41. The topological polar surface area (TPSA) is 38.7 Å². The minimum atomic E-state index is -0.227. The minimum absolute atomic E-state index is 0.0788. The summed E-state index contributed by atoms with van der Waals surface area (Å²) in [6.45, 7) is 11.3. The van der Waals surface area contributed by atoms with Gasteiger partial charge in [-0.05, 0) is 61.8 Å². The molecule has 1 heterocycles. The van der Waals surface area contributed by atoms with Gasteiger partial charge in [-0.1, -0.05) is 26.8 Å². The van der Waals surface area contributed by atoms with E-state index in [1.807, 2.05) is 0 Å². The van der Waals surface area contributed by atoms with Crippen LogP contribution in [-0.2, 0) is 5.41 Å². The molecule has 0 saturated heterocycles. The molecule has 0 spiro atoms. The molecule has 1 aliphatic heterocycles. The van der Waals surface area contributed by atoms with E-state index in [9.17, 15) is 5.11 Å². The van der Waals surface area contributed by atoms with E-state index >= 15 is 0 Å². The first-order valence-electron chi connectivity index (χ1n) is 9.43. The van der Waals surface area contributed by atoms with Gasteiger partial charge in [0.15, 0.2) is 0 Å². The zero-order chi connectivity index (χ0) is 18.4. The second-order valence-electron chi connectivity index (χ2n) is 8.71. The second kappa shape index (κ2) is 6.35. The van der Waals surface area contributed by atoms with Crippen LogP contribution in [0.3, 0.4) is 0 Å². The molecule has 3 heteroatoms. The highest BCUT2D eigenvalue weighted by molar-refractivity contribution is 5.54. The van der Waals surface area contributed by atoms with Gasteiger partial charge in [-0.3, -0.25) is 0 Å². The maximum Gasteiger partial charge on any atom is 0.127 e. The number of aliphatic hydroxyl groups excluding tert-OH is 1. The predicted octanol–water partition coefficient (Wildman–Crippen LogP) is 4.97. The van der Waals surface area contributed by atoms with Crippen LogP contribution in [0.15, 0.2) is 23.8 Å². The summed E-state index contributed by atoms with van der Waals surface area (Å²) < 4.78 is 12.3. The van der Waals surface area contributed by atoms with Crippen LogP contribution in [0.4, 0.5) is 0 Å². The zero-order valence-corrected chi connectivity index (χ0v) is 16.5. The van der Waals surface area contributed by atoms with Gasteiger partial charge in [0.2, 0.25) is 0 Å². The first-order chi connectivity index (χ1) is 11.7. The van der Waals surface area contributed by atoms with E-state index in [1.54, 1.807) is 7.11 Å². The molecule has 1 aliphatic carbocycles. The molecule has 2 unspecified atom stereocenters. The number of allylic oxidation sites excluding steroid dienone is 1. The van der Waals surface area contributed by atoms with Gasteiger partial charge in [-0.25, -0.2) is 0 Å². The number of hydrogen-bond acceptors (Lipinski definition) is 3. The number of benzene rings is 1. The molecule has 0 bridgehead atoms. The lowest BCUT2D eigenvalue weighted by atomic mass is 9.66. The number of ether oxygens (including phenoxy) is 2. The smallest absolute Gasteiger partial charge is 0.127 e. The molecule has 1 aromatic rings. The second-order valence-corrected chi connectivity index (χ2v) is 8.71. The van der Waals surface area contributed by atoms with Crippen LogP contribution in [0.5, 0.6) is 11.5 Å². The van der Waals surface area contributed by atoms with E-state index < -0.39 is 0 Å². The number of fused-ring (bicyclic) bond motifs is 3. The third kappa shape index (κ3) is 3.08. The fourth-order valence-electron chi connectivity index (χ4n) is 4.34. The Morgan fingerprint density at radius 3 is 2.64 bits per heavy atom. The number of hydrogen-bond donors (Lipinski definition) is 1. The van der Waals surface area contributed by atoms with E-state index in [0.717, 1.165) is 36.3 Å². The molecule has 2 atom stereocenters. The summed E-state index contributed by atoms with van der Waals surface area (Å²) in [5, 5.41) is 9.64. The van der Waals surface area contributed by atoms with Crippen molar-refractivity contribution in [2.24, 2.45) is 5.92 Å². The molecule has 0 fully saturated rings. The zero-order valence-electron chi connectivity index (χ0n) is 16.5. The maximum absolute atomic E-state index is 9.64. The van der Waals surface area contributed by atoms with E-state index in [0.29, 0.717) is 11.8 Å². The van der Waals surface area contributed by atoms with Crippen molar-refractivity contribution in [1.82, 2.24) is 0 Å². The summed E-state index contributed by atoms with van der Waals surface area (Å²) in [7, 11) is 1.75. The molecular formula is C22H32O3. The molecule has 1 aromatic carbocycles. The van der Waals surface area contributed by atoms with Gasteiger partial charge in [-0.15, -0.1) is 0 Å². The standard InChI is InChI=1S/C22H32O3/c1-7-21(2,3)15-11-18(24-6)20-16-10-14(13-23)8-9-17(16)22(4,5)25-19(20)12-15/h8,11-12,16-17,23H,7,9-10,13H2,1-6H3. The summed E-state index contributed by atoms with van der Waals surface area (Å²) in [5.74, 6) is 2.62. The molecule has 0 radical (unpaired) electrons. The van der Waals surface area contributed by atoms with Crippen LogP contribution >= 0.6 is 0 Å². The highest BCUT2D eigenvalue weighted by Crippen LogP contribution is 2.55. The Morgan fingerprint density at radius 2 is 2.04 bits per heavy atom. The third-order valence-electron chi connectivity index (χ3n) is 6.46. The maximum atomic E-state index is 9.64. The predicted molar refractivity (Wildman–Crippen MR) is 102 cm³/mol. The van der Waals surface area contributed by atoms with Crippen molar-refractivity contribution in [3.63, 3.8) is 0 Å². The lowest BCUT2D eigenvalue weighted by Crippen LogP contribution is -2.45. The minimum Gasteiger partial charge on any atom is -0.496 e. The SMILES string of the molecule is CCC(C)(C)c1cc(OC)c2c(c1)OC(C)(C)C1CC=C(CO)CC21. The van der Waals surface area contributed by atoms with E-state index in [4.69, 9.17) is 9.47 Å². The molecule has 3 rings (SSSR count). The summed E-state index contributed by atoms with van der Waals surface area (Å²) in [5.41, 5.74) is 3.42. The fraction of sp³-hybridized carbons (Fsp3) is 0.636. The van der Waals surface area contributed by atoms with Crippen molar-refractivity contribution in [3.8, 4) is 11.5 Å². The van der Waals surface area contributed by atoms with Crippen molar-refractivity contribution in [2.45, 2.75) is 70.8 Å². The fourth-order valence-corrected chi connectivity index (χ4v) is 4.34. The molecule has 0 amide bonds. The summed E-state index contributed by atoms with van der Waals surface area (Å²) in [4.78, 5) is 0. The summed E-state index contributed by atoms with van der Waals surface area (Å²) >= 11 is 0. The summed E-state index contributed by atoms with van der Waals surface area (Å²) in [6.07, 6.45) is 5.08. The average molecular weight is 344 g/mol. The molecule has 2 aliphatic rings. The lowest BCUT2D eigenvalue weighted by molar-refractivity contribution is 0.00659. The highest BCUT2D eigenvalue weighted by Gasteiger charge is 2.46. The Balaban J connectivity index is 2.16. The van der Waals surface area contributed by atoms with Crippen molar-refractivity contribution in [2.75, 3.05) is 13.7 Å². The Bertz CT molecular complexity index is 685. The molecular weight excluding hydrogens is 312 g/mol. The van der Waals surface area contributed by atoms with Crippen LogP contribution in [0, 0.1) is 5.92 Å². The van der Waals surface area contributed by atoms with Crippen LogP contribution in [0.1, 0.15) is 70.9 Å². The van der Waals surface area contributed by atoms with Crippen molar-refractivity contribution >= 4 is 0 Å². The lowest BCUT2D eigenvalue weighted by Gasteiger charge is -2.47. The van der Waals surface area contributed by atoms with Gasteiger partial charge in [0.25, 0.3) is 0 Å². The van der Waals surface area contributed by atoms with Gasteiger partial charge >= 0.3 is 0 Å². The van der Waals surface area contributed by atoms with Crippen LogP contribution in [-0.4, -0.2) is 24.4 Å². The van der Waals surface area contributed by atoms with E-state index in [-0.39, 0.29) is 17.6 Å². The highest BCUT2D eigenvalue weighted by atomic mass is 16.5. The van der Waals surface area contributed by atoms with Gasteiger partial charge in [0.1, 0.15) is 17.1 Å². The van der Waals surface area contributed by atoms with Crippen molar-refractivity contribution in [1.29, 1.82) is 0 Å². The number of rotatable bonds is 4. The Morgan fingerprint density at radius 1 is 1.32 bits per heavy atom.